The van der Waals surface area contributed by atoms with Crippen molar-refractivity contribution in [3.05, 3.63) is 62.5 Å². The number of benzene rings is 2. The fraction of sp³-hybridized carbons (Fsp3) is 0.250. The predicted octanol–water partition coefficient (Wildman–Crippen LogP) is 4.68. The number of rotatable bonds is 5. The van der Waals surface area contributed by atoms with Crippen molar-refractivity contribution in [1.82, 2.24) is 0 Å². The molecule has 106 valence electrons. The van der Waals surface area contributed by atoms with E-state index in [-0.39, 0.29) is 6.04 Å². The highest BCUT2D eigenvalue weighted by Gasteiger charge is 2.06. The summed E-state index contributed by atoms with van der Waals surface area (Å²) in [5.74, 6) is 0.842. The number of halogens is 2. The lowest BCUT2D eigenvalue weighted by atomic mass is 10.1. The molecule has 4 heteroatoms. The van der Waals surface area contributed by atoms with Crippen molar-refractivity contribution in [2.45, 2.75) is 26.0 Å². The van der Waals surface area contributed by atoms with Crippen molar-refractivity contribution in [1.29, 1.82) is 0 Å². The van der Waals surface area contributed by atoms with E-state index < -0.39 is 0 Å². The molecule has 0 fully saturated rings. The zero-order valence-electron chi connectivity index (χ0n) is 11.3. The SMILES string of the molecule is CC(N)Cc1ccc(OCc2ccccc2Br)c(Br)c1. The van der Waals surface area contributed by atoms with E-state index in [1.807, 2.05) is 37.3 Å². The van der Waals surface area contributed by atoms with Crippen molar-refractivity contribution in [3.8, 4) is 5.75 Å². The van der Waals surface area contributed by atoms with Crippen LogP contribution in [-0.2, 0) is 13.0 Å². The molecule has 1 atom stereocenters. The van der Waals surface area contributed by atoms with E-state index in [0.717, 1.165) is 26.7 Å². The summed E-state index contributed by atoms with van der Waals surface area (Å²) in [6.45, 7) is 2.54. The summed E-state index contributed by atoms with van der Waals surface area (Å²) < 4.78 is 7.88. The lowest BCUT2D eigenvalue weighted by Gasteiger charge is -2.11. The number of nitrogens with two attached hydrogens (primary N) is 1. The second-order valence-electron chi connectivity index (χ2n) is 4.83. The number of hydrogen-bond acceptors (Lipinski definition) is 2. The Kier molecular flexibility index (Phi) is 5.64. The minimum atomic E-state index is 0.161. The summed E-state index contributed by atoms with van der Waals surface area (Å²) >= 11 is 7.07. The fourth-order valence-electron chi connectivity index (χ4n) is 1.93. The fourth-order valence-corrected chi connectivity index (χ4v) is 2.87. The molecule has 0 aliphatic heterocycles. The summed E-state index contributed by atoms with van der Waals surface area (Å²) in [5, 5.41) is 0. The van der Waals surface area contributed by atoms with Gasteiger partial charge in [-0.3, -0.25) is 0 Å². The summed E-state index contributed by atoms with van der Waals surface area (Å²) in [5.41, 5.74) is 8.14. The first-order valence-corrected chi connectivity index (χ1v) is 8.05. The molecule has 0 heterocycles. The van der Waals surface area contributed by atoms with Gasteiger partial charge in [0, 0.05) is 16.1 Å². The van der Waals surface area contributed by atoms with Gasteiger partial charge in [0.05, 0.1) is 4.47 Å². The van der Waals surface area contributed by atoms with Crippen LogP contribution in [0.3, 0.4) is 0 Å². The quantitative estimate of drug-likeness (QED) is 0.793. The van der Waals surface area contributed by atoms with Crippen molar-refractivity contribution in [3.63, 3.8) is 0 Å². The van der Waals surface area contributed by atoms with Crippen LogP contribution >= 0.6 is 31.9 Å². The predicted molar refractivity (Wildman–Crippen MR) is 90.0 cm³/mol. The Labute approximate surface area is 136 Å². The molecule has 0 spiro atoms. The van der Waals surface area contributed by atoms with E-state index >= 15 is 0 Å². The first kappa shape index (κ1) is 15.5. The van der Waals surface area contributed by atoms with E-state index in [4.69, 9.17) is 10.5 Å². The van der Waals surface area contributed by atoms with Gasteiger partial charge < -0.3 is 10.5 Å². The number of ether oxygens (including phenoxy) is 1. The highest BCUT2D eigenvalue weighted by Crippen LogP contribution is 2.28. The molecule has 2 nitrogen and oxygen atoms in total. The molecule has 0 bridgehead atoms. The van der Waals surface area contributed by atoms with Crippen molar-refractivity contribution >= 4 is 31.9 Å². The lowest BCUT2D eigenvalue weighted by Crippen LogP contribution is -2.17. The molecular formula is C16H17Br2NO. The first-order chi connectivity index (χ1) is 9.56. The van der Waals surface area contributed by atoms with Crippen LogP contribution in [0, 0.1) is 0 Å². The lowest BCUT2D eigenvalue weighted by molar-refractivity contribution is 0.303. The summed E-state index contributed by atoms with van der Waals surface area (Å²) in [4.78, 5) is 0. The van der Waals surface area contributed by atoms with E-state index in [9.17, 15) is 0 Å². The zero-order valence-corrected chi connectivity index (χ0v) is 14.4. The minimum Gasteiger partial charge on any atom is -0.488 e. The molecule has 1 unspecified atom stereocenters. The third kappa shape index (κ3) is 4.33. The van der Waals surface area contributed by atoms with Gasteiger partial charge in [0.25, 0.3) is 0 Å². The van der Waals surface area contributed by atoms with Gasteiger partial charge in [0.2, 0.25) is 0 Å². The van der Waals surface area contributed by atoms with Crippen LogP contribution in [0.4, 0.5) is 0 Å². The normalized spacial score (nSPS) is 12.2. The molecule has 0 saturated heterocycles. The number of hydrogen-bond donors (Lipinski definition) is 1. The summed E-state index contributed by atoms with van der Waals surface area (Å²) in [6, 6.07) is 14.3. The molecule has 0 aromatic heterocycles. The zero-order chi connectivity index (χ0) is 14.5. The van der Waals surface area contributed by atoms with Crippen LogP contribution in [0.15, 0.2) is 51.4 Å². The molecule has 2 aromatic carbocycles. The maximum Gasteiger partial charge on any atom is 0.134 e. The monoisotopic (exact) mass is 397 g/mol. The van der Waals surface area contributed by atoms with Gasteiger partial charge >= 0.3 is 0 Å². The molecule has 0 saturated carbocycles. The van der Waals surface area contributed by atoms with Gasteiger partial charge in [-0.05, 0) is 53.0 Å². The largest absolute Gasteiger partial charge is 0.488 e. The Morgan fingerprint density at radius 3 is 2.50 bits per heavy atom. The molecule has 0 aliphatic carbocycles. The van der Waals surface area contributed by atoms with Crippen molar-refractivity contribution in [2.75, 3.05) is 0 Å². The maximum absolute atomic E-state index is 5.86. The first-order valence-electron chi connectivity index (χ1n) is 6.46. The van der Waals surface area contributed by atoms with Crippen LogP contribution in [0.25, 0.3) is 0 Å². The minimum absolute atomic E-state index is 0.161. The van der Waals surface area contributed by atoms with Gasteiger partial charge in [-0.2, -0.15) is 0 Å². The van der Waals surface area contributed by atoms with Crippen LogP contribution in [0.2, 0.25) is 0 Å². The van der Waals surface area contributed by atoms with E-state index in [2.05, 4.69) is 44.0 Å². The Morgan fingerprint density at radius 1 is 1.10 bits per heavy atom. The van der Waals surface area contributed by atoms with Crippen LogP contribution < -0.4 is 10.5 Å². The molecule has 0 amide bonds. The smallest absolute Gasteiger partial charge is 0.134 e. The Balaban J connectivity index is 2.05. The van der Waals surface area contributed by atoms with E-state index in [0.29, 0.717) is 6.61 Å². The van der Waals surface area contributed by atoms with E-state index in [1.165, 1.54) is 5.56 Å². The topological polar surface area (TPSA) is 35.2 Å². The average molecular weight is 399 g/mol. The van der Waals surface area contributed by atoms with Gasteiger partial charge in [0.15, 0.2) is 0 Å². The van der Waals surface area contributed by atoms with Crippen molar-refractivity contribution in [2.24, 2.45) is 5.73 Å². The van der Waals surface area contributed by atoms with Crippen LogP contribution in [0.5, 0.6) is 5.75 Å². The standard InChI is InChI=1S/C16H17Br2NO/c1-11(19)8-12-6-7-16(15(18)9-12)20-10-13-4-2-3-5-14(13)17/h2-7,9,11H,8,10,19H2,1H3. The molecule has 2 N–H and O–H groups in total. The van der Waals surface area contributed by atoms with Gasteiger partial charge in [-0.15, -0.1) is 0 Å². The van der Waals surface area contributed by atoms with Gasteiger partial charge in [0.1, 0.15) is 12.4 Å². The molecule has 2 aromatic rings. The second kappa shape index (κ2) is 7.25. The second-order valence-corrected chi connectivity index (χ2v) is 6.53. The Bertz CT molecular complexity index is 584. The Morgan fingerprint density at radius 2 is 1.85 bits per heavy atom. The maximum atomic E-state index is 5.86. The van der Waals surface area contributed by atoms with E-state index in [1.54, 1.807) is 0 Å². The molecular weight excluding hydrogens is 382 g/mol. The molecule has 0 radical (unpaired) electrons. The highest BCUT2D eigenvalue weighted by molar-refractivity contribution is 9.10. The Hall–Kier alpha value is -0.840. The molecule has 20 heavy (non-hydrogen) atoms. The average Bonchev–Trinajstić information content (AvgIpc) is 2.39. The molecule has 0 aliphatic rings. The van der Waals surface area contributed by atoms with Gasteiger partial charge in [-0.1, -0.05) is 40.2 Å². The van der Waals surface area contributed by atoms with Crippen LogP contribution in [0.1, 0.15) is 18.1 Å². The third-order valence-corrected chi connectivity index (χ3v) is 4.29. The van der Waals surface area contributed by atoms with Crippen LogP contribution in [-0.4, -0.2) is 6.04 Å². The van der Waals surface area contributed by atoms with Gasteiger partial charge in [-0.25, -0.2) is 0 Å². The third-order valence-electron chi connectivity index (χ3n) is 2.89. The van der Waals surface area contributed by atoms with Crippen molar-refractivity contribution < 1.29 is 4.74 Å². The summed E-state index contributed by atoms with van der Waals surface area (Å²) in [6.07, 6.45) is 0.864. The molecule has 2 rings (SSSR count). The summed E-state index contributed by atoms with van der Waals surface area (Å²) in [7, 11) is 0. The highest BCUT2D eigenvalue weighted by atomic mass is 79.9.